The van der Waals surface area contributed by atoms with Gasteiger partial charge in [-0.1, -0.05) is 11.6 Å². The Morgan fingerprint density at radius 3 is 3.06 bits per heavy atom. The molecule has 17 heavy (non-hydrogen) atoms. The summed E-state index contributed by atoms with van der Waals surface area (Å²) in [6, 6.07) is 3.14. The van der Waals surface area contributed by atoms with Crippen molar-refractivity contribution in [2.24, 2.45) is 0 Å². The van der Waals surface area contributed by atoms with E-state index in [2.05, 4.69) is 4.74 Å². The number of aliphatic hydroxyl groups is 1. The Kier molecular flexibility index (Phi) is 3.51. The number of fused-ring (bicyclic) bond motifs is 1. The number of hydrogen-bond acceptors (Lipinski definition) is 5. The molecule has 0 fully saturated rings. The first kappa shape index (κ1) is 12.2. The summed E-state index contributed by atoms with van der Waals surface area (Å²) in [4.78, 5) is 11.2. The normalized spacial score (nSPS) is 15.7. The monoisotopic (exact) mass is 258 g/mol. The molecule has 0 bridgehead atoms. The van der Waals surface area contributed by atoms with Gasteiger partial charge in [-0.15, -0.1) is 0 Å². The number of esters is 1. The molecule has 1 aliphatic rings. The van der Waals surface area contributed by atoms with Crippen LogP contribution >= 0.6 is 11.6 Å². The van der Waals surface area contributed by atoms with E-state index >= 15 is 0 Å². The van der Waals surface area contributed by atoms with Gasteiger partial charge in [-0.3, -0.25) is 0 Å². The van der Waals surface area contributed by atoms with E-state index < -0.39 is 12.1 Å². The summed E-state index contributed by atoms with van der Waals surface area (Å²) in [7, 11) is 1.20. The zero-order valence-electron chi connectivity index (χ0n) is 9.10. The van der Waals surface area contributed by atoms with Crippen molar-refractivity contribution in [3.8, 4) is 5.75 Å². The first-order valence-electron chi connectivity index (χ1n) is 4.92. The molecule has 0 amide bonds. The van der Waals surface area contributed by atoms with Gasteiger partial charge in [0.25, 0.3) is 0 Å². The summed E-state index contributed by atoms with van der Waals surface area (Å²) >= 11 is 5.98. The largest absolute Gasteiger partial charge is 0.467 e. The second-order valence-corrected chi connectivity index (χ2v) is 3.92. The summed E-state index contributed by atoms with van der Waals surface area (Å²) in [5, 5.41) is 10.00. The molecule has 92 valence electrons. The number of carbonyl (C=O) groups is 1. The Morgan fingerprint density at radius 1 is 1.59 bits per heavy atom. The third-order valence-corrected chi connectivity index (χ3v) is 2.78. The maximum absolute atomic E-state index is 11.2. The SMILES string of the molecule is COC(=O)C(O)c1cc2c(cc1Cl)COCO2. The van der Waals surface area contributed by atoms with Crippen LogP contribution < -0.4 is 4.74 Å². The van der Waals surface area contributed by atoms with Crippen LogP contribution in [-0.2, 0) is 20.9 Å². The lowest BCUT2D eigenvalue weighted by molar-refractivity contribution is -0.150. The topological polar surface area (TPSA) is 65.0 Å². The number of rotatable bonds is 2. The molecule has 1 heterocycles. The third-order valence-electron chi connectivity index (χ3n) is 2.45. The molecule has 6 heteroatoms. The van der Waals surface area contributed by atoms with Crippen molar-refractivity contribution >= 4 is 17.6 Å². The number of aliphatic hydroxyl groups excluding tert-OH is 1. The van der Waals surface area contributed by atoms with Gasteiger partial charge in [-0.05, 0) is 12.1 Å². The van der Waals surface area contributed by atoms with Crippen LogP contribution in [0.5, 0.6) is 5.75 Å². The molecule has 1 unspecified atom stereocenters. The van der Waals surface area contributed by atoms with Crippen molar-refractivity contribution in [2.75, 3.05) is 13.9 Å². The van der Waals surface area contributed by atoms with Crippen molar-refractivity contribution in [1.29, 1.82) is 0 Å². The first-order chi connectivity index (χ1) is 8.13. The average molecular weight is 259 g/mol. The molecule has 1 aromatic rings. The van der Waals surface area contributed by atoms with Crippen molar-refractivity contribution in [3.63, 3.8) is 0 Å². The fraction of sp³-hybridized carbons (Fsp3) is 0.364. The smallest absolute Gasteiger partial charge is 0.339 e. The van der Waals surface area contributed by atoms with Gasteiger partial charge in [-0.2, -0.15) is 0 Å². The van der Waals surface area contributed by atoms with E-state index in [1.54, 1.807) is 6.07 Å². The fourth-order valence-electron chi connectivity index (χ4n) is 1.56. The van der Waals surface area contributed by atoms with Crippen LogP contribution in [-0.4, -0.2) is 25.0 Å². The van der Waals surface area contributed by atoms with Crippen LogP contribution in [0.25, 0.3) is 0 Å². The molecular formula is C11H11ClO5. The Bertz CT molecular complexity index is 446. The number of halogens is 1. The lowest BCUT2D eigenvalue weighted by Gasteiger charge is -2.20. The van der Waals surface area contributed by atoms with E-state index in [9.17, 15) is 9.90 Å². The van der Waals surface area contributed by atoms with Crippen molar-refractivity contribution in [3.05, 3.63) is 28.3 Å². The van der Waals surface area contributed by atoms with Crippen molar-refractivity contribution in [2.45, 2.75) is 12.7 Å². The standard InChI is InChI=1S/C11H11ClO5/c1-15-11(14)10(13)7-3-9-6(2-8(7)12)4-16-5-17-9/h2-3,10,13H,4-5H2,1H3. The van der Waals surface area contributed by atoms with E-state index in [4.69, 9.17) is 21.1 Å². The van der Waals surface area contributed by atoms with Crippen LogP contribution in [0.15, 0.2) is 12.1 Å². The van der Waals surface area contributed by atoms with Crippen LogP contribution in [0.2, 0.25) is 5.02 Å². The highest BCUT2D eigenvalue weighted by molar-refractivity contribution is 6.31. The van der Waals surface area contributed by atoms with E-state index in [0.717, 1.165) is 5.56 Å². The summed E-state index contributed by atoms with van der Waals surface area (Å²) in [5.41, 5.74) is 1.04. The van der Waals surface area contributed by atoms with Gasteiger partial charge in [0.05, 0.1) is 13.7 Å². The molecule has 0 radical (unpaired) electrons. The molecule has 0 aromatic heterocycles. The zero-order chi connectivity index (χ0) is 12.4. The van der Waals surface area contributed by atoms with Crippen LogP contribution in [0.3, 0.4) is 0 Å². The molecular weight excluding hydrogens is 248 g/mol. The third kappa shape index (κ3) is 2.36. The quantitative estimate of drug-likeness (QED) is 0.813. The minimum atomic E-state index is -1.41. The lowest BCUT2D eigenvalue weighted by Crippen LogP contribution is -2.16. The van der Waals surface area contributed by atoms with Gasteiger partial charge in [0.15, 0.2) is 12.9 Å². The molecule has 0 saturated heterocycles. The number of methoxy groups -OCH3 is 1. The lowest BCUT2D eigenvalue weighted by atomic mass is 10.1. The van der Waals surface area contributed by atoms with E-state index in [1.165, 1.54) is 13.2 Å². The molecule has 0 aliphatic carbocycles. The van der Waals surface area contributed by atoms with Crippen molar-refractivity contribution < 1.29 is 24.1 Å². The maximum Gasteiger partial charge on any atom is 0.339 e. The van der Waals surface area contributed by atoms with Crippen LogP contribution in [0.1, 0.15) is 17.2 Å². The average Bonchev–Trinajstić information content (AvgIpc) is 2.36. The summed E-state index contributed by atoms with van der Waals surface area (Å²) in [6.45, 7) is 0.534. The minimum absolute atomic E-state index is 0.141. The Labute approximate surface area is 103 Å². The highest BCUT2D eigenvalue weighted by Crippen LogP contribution is 2.33. The van der Waals surface area contributed by atoms with Crippen LogP contribution in [0, 0.1) is 0 Å². The molecule has 5 nitrogen and oxygen atoms in total. The Balaban J connectivity index is 2.37. The van der Waals surface area contributed by atoms with Gasteiger partial charge >= 0.3 is 5.97 Å². The van der Waals surface area contributed by atoms with Gasteiger partial charge in [0.1, 0.15) is 5.75 Å². The number of benzene rings is 1. The summed E-state index contributed by atoms with van der Waals surface area (Å²) < 4.78 is 14.8. The molecule has 2 rings (SSSR count). The van der Waals surface area contributed by atoms with Gasteiger partial charge in [0, 0.05) is 16.1 Å². The van der Waals surface area contributed by atoms with Crippen molar-refractivity contribution in [1.82, 2.24) is 0 Å². The van der Waals surface area contributed by atoms with E-state index in [1.807, 2.05) is 0 Å². The highest BCUT2D eigenvalue weighted by atomic mass is 35.5. The first-order valence-corrected chi connectivity index (χ1v) is 5.30. The summed E-state index contributed by atoms with van der Waals surface area (Å²) in [6.07, 6.45) is -1.41. The van der Waals surface area contributed by atoms with Gasteiger partial charge in [-0.25, -0.2) is 4.79 Å². The zero-order valence-corrected chi connectivity index (χ0v) is 9.86. The van der Waals surface area contributed by atoms with Crippen LogP contribution in [0.4, 0.5) is 0 Å². The Morgan fingerprint density at radius 2 is 2.35 bits per heavy atom. The Hall–Kier alpha value is -1.30. The fourth-order valence-corrected chi connectivity index (χ4v) is 1.85. The predicted molar refractivity (Wildman–Crippen MR) is 58.7 cm³/mol. The number of hydrogen-bond donors (Lipinski definition) is 1. The number of ether oxygens (including phenoxy) is 3. The molecule has 1 aromatic carbocycles. The molecule has 0 saturated carbocycles. The molecule has 1 N–H and O–H groups in total. The second kappa shape index (κ2) is 4.91. The minimum Gasteiger partial charge on any atom is -0.467 e. The molecule has 1 atom stereocenters. The highest BCUT2D eigenvalue weighted by Gasteiger charge is 2.24. The predicted octanol–water partition coefficient (Wildman–Crippen LogP) is 1.41. The second-order valence-electron chi connectivity index (χ2n) is 3.52. The maximum atomic E-state index is 11.2. The molecule has 0 spiro atoms. The van der Waals surface area contributed by atoms with Gasteiger partial charge < -0.3 is 19.3 Å². The van der Waals surface area contributed by atoms with Gasteiger partial charge in [0.2, 0.25) is 0 Å². The van der Waals surface area contributed by atoms with E-state index in [0.29, 0.717) is 12.4 Å². The molecule has 1 aliphatic heterocycles. The van der Waals surface area contributed by atoms with E-state index in [-0.39, 0.29) is 17.4 Å². The number of carbonyl (C=O) groups excluding carboxylic acids is 1. The summed E-state index contributed by atoms with van der Waals surface area (Å²) in [5.74, 6) is -0.211.